The Morgan fingerprint density at radius 1 is 1.03 bits per heavy atom. The van der Waals surface area contributed by atoms with Crippen molar-refractivity contribution in [1.82, 2.24) is 10.2 Å². The molecule has 0 spiro atoms. The summed E-state index contributed by atoms with van der Waals surface area (Å²) in [6, 6.07) is 13.1. The fourth-order valence-electron chi connectivity index (χ4n) is 3.55. The number of amides is 2. The molecule has 0 bridgehead atoms. The van der Waals surface area contributed by atoms with E-state index in [4.69, 9.17) is 23.2 Å². The number of hydrogen-bond acceptors (Lipinski definition) is 4. The van der Waals surface area contributed by atoms with Gasteiger partial charge < -0.3 is 10.2 Å². The molecule has 1 atom stereocenters. The summed E-state index contributed by atoms with van der Waals surface area (Å²) >= 11 is 12.2. The van der Waals surface area contributed by atoms with Gasteiger partial charge in [-0.3, -0.25) is 13.9 Å². The van der Waals surface area contributed by atoms with Crippen LogP contribution in [0.1, 0.15) is 45.1 Å². The number of anilines is 1. The lowest BCUT2D eigenvalue weighted by Crippen LogP contribution is -2.48. The Hall–Kier alpha value is -2.29. The number of benzene rings is 2. The van der Waals surface area contributed by atoms with Crippen molar-refractivity contribution in [2.45, 2.75) is 52.1 Å². The van der Waals surface area contributed by atoms with E-state index < -0.39 is 16.1 Å². The molecule has 1 N–H and O–H groups in total. The highest BCUT2D eigenvalue weighted by molar-refractivity contribution is 7.92. The first-order valence-corrected chi connectivity index (χ1v) is 14.2. The Balaban J connectivity index is 2.15. The number of para-hydroxylation sites is 1. The first-order chi connectivity index (χ1) is 16.5. The molecule has 192 valence electrons. The standard InChI is InChI=1S/C25H33Cl2N3O4S/c1-4-5-15-28-25(32)19(2)29(18-20-13-14-22(26)23(27)17-20)24(31)12-9-16-30(35(3,33)34)21-10-7-6-8-11-21/h6-8,10-11,13-14,17,19H,4-5,9,12,15-16,18H2,1-3H3,(H,28,32). The fourth-order valence-corrected chi connectivity index (χ4v) is 4.84. The smallest absolute Gasteiger partial charge is 0.242 e. The number of sulfonamides is 1. The average Bonchev–Trinajstić information content (AvgIpc) is 2.81. The van der Waals surface area contributed by atoms with Gasteiger partial charge in [0.15, 0.2) is 0 Å². The molecule has 0 aliphatic heterocycles. The highest BCUT2D eigenvalue weighted by Gasteiger charge is 2.26. The highest BCUT2D eigenvalue weighted by atomic mass is 35.5. The second-order valence-corrected chi connectivity index (χ2v) is 11.1. The number of unbranched alkanes of at least 4 members (excludes halogenated alkanes) is 1. The van der Waals surface area contributed by atoms with Crippen molar-refractivity contribution in [3.8, 4) is 0 Å². The number of halogens is 2. The van der Waals surface area contributed by atoms with Gasteiger partial charge in [0.05, 0.1) is 22.0 Å². The van der Waals surface area contributed by atoms with Crippen molar-refractivity contribution in [1.29, 1.82) is 0 Å². The number of nitrogens with one attached hydrogen (secondary N) is 1. The molecule has 2 aromatic rings. The maximum atomic E-state index is 13.3. The summed E-state index contributed by atoms with van der Waals surface area (Å²) in [5.74, 6) is -0.496. The van der Waals surface area contributed by atoms with Gasteiger partial charge in [-0.25, -0.2) is 8.42 Å². The summed E-state index contributed by atoms with van der Waals surface area (Å²) in [6.07, 6.45) is 3.30. The Labute approximate surface area is 218 Å². The van der Waals surface area contributed by atoms with Crippen LogP contribution in [0.3, 0.4) is 0 Å². The summed E-state index contributed by atoms with van der Waals surface area (Å²) in [6.45, 7) is 4.57. The van der Waals surface area contributed by atoms with Gasteiger partial charge in [0.25, 0.3) is 0 Å². The number of carbonyl (C=O) groups is 2. The van der Waals surface area contributed by atoms with Crippen LogP contribution in [0.5, 0.6) is 0 Å². The minimum Gasteiger partial charge on any atom is -0.354 e. The Bertz CT molecular complexity index is 1100. The van der Waals surface area contributed by atoms with Crippen LogP contribution in [-0.2, 0) is 26.2 Å². The van der Waals surface area contributed by atoms with Gasteiger partial charge in [0, 0.05) is 26.1 Å². The molecule has 0 saturated heterocycles. The number of rotatable bonds is 13. The van der Waals surface area contributed by atoms with E-state index in [1.807, 2.05) is 6.92 Å². The van der Waals surface area contributed by atoms with Gasteiger partial charge in [-0.05, 0) is 49.6 Å². The first kappa shape index (κ1) is 28.9. The van der Waals surface area contributed by atoms with E-state index in [0.717, 1.165) is 24.7 Å². The van der Waals surface area contributed by atoms with Crippen LogP contribution in [0.4, 0.5) is 5.69 Å². The number of carbonyl (C=O) groups excluding carboxylic acids is 2. The molecule has 0 aliphatic carbocycles. The Morgan fingerprint density at radius 3 is 2.31 bits per heavy atom. The lowest BCUT2D eigenvalue weighted by Gasteiger charge is -2.29. The third-order valence-electron chi connectivity index (χ3n) is 5.53. The van der Waals surface area contributed by atoms with Gasteiger partial charge >= 0.3 is 0 Å². The molecule has 0 saturated carbocycles. The Kier molecular flexibility index (Phi) is 11.3. The minimum absolute atomic E-state index is 0.0761. The SMILES string of the molecule is CCCCNC(=O)C(C)N(Cc1ccc(Cl)c(Cl)c1)C(=O)CCCN(c1ccccc1)S(C)(=O)=O. The highest BCUT2D eigenvalue weighted by Crippen LogP contribution is 2.24. The van der Waals surface area contributed by atoms with Crippen molar-refractivity contribution in [2.75, 3.05) is 23.7 Å². The van der Waals surface area contributed by atoms with Gasteiger partial charge in [0.1, 0.15) is 6.04 Å². The second-order valence-electron chi connectivity index (χ2n) is 8.36. The topological polar surface area (TPSA) is 86.8 Å². The van der Waals surface area contributed by atoms with E-state index in [2.05, 4.69) is 5.32 Å². The summed E-state index contributed by atoms with van der Waals surface area (Å²) in [4.78, 5) is 27.5. The second kappa shape index (κ2) is 13.7. The van der Waals surface area contributed by atoms with E-state index in [0.29, 0.717) is 28.7 Å². The fraction of sp³-hybridized carbons (Fsp3) is 0.440. The van der Waals surface area contributed by atoms with Crippen LogP contribution >= 0.6 is 23.2 Å². The molecule has 0 fully saturated rings. The minimum atomic E-state index is -3.52. The number of hydrogen-bond donors (Lipinski definition) is 1. The monoisotopic (exact) mass is 541 g/mol. The first-order valence-electron chi connectivity index (χ1n) is 11.6. The van der Waals surface area contributed by atoms with Gasteiger partial charge in [-0.2, -0.15) is 0 Å². The molecule has 1 unspecified atom stereocenters. The average molecular weight is 543 g/mol. The maximum Gasteiger partial charge on any atom is 0.242 e. The van der Waals surface area contributed by atoms with Crippen molar-refractivity contribution >= 4 is 50.7 Å². The predicted molar refractivity (Wildman–Crippen MR) is 142 cm³/mol. The van der Waals surface area contributed by atoms with Crippen LogP contribution in [0.2, 0.25) is 10.0 Å². The van der Waals surface area contributed by atoms with E-state index in [1.165, 1.54) is 9.21 Å². The van der Waals surface area contributed by atoms with Gasteiger partial charge in [-0.1, -0.05) is 60.8 Å². The molecule has 2 rings (SSSR count). The molecular weight excluding hydrogens is 509 g/mol. The zero-order valence-electron chi connectivity index (χ0n) is 20.3. The molecule has 2 amide bonds. The quantitative estimate of drug-likeness (QED) is 0.366. The molecule has 0 aromatic heterocycles. The van der Waals surface area contributed by atoms with Crippen molar-refractivity contribution in [2.24, 2.45) is 0 Å². The van der Waals surface area contributed by atoms with Crippen LogP contribution in [-0.4, -0.2) is 50.5 Å². The number of nitrogens with zero attached hydrogens (tertiary/aromatic N) is 2. The molecular formula is C25H33Cl2N3O4S. The van der Waals surface area contributed by atoms with Gasteiger partial charge in [0.2, 0.25) is 21.8 Å². The molecule has 10 heteroatoms. The zero-order valence-corrected chi connectivity index (χ0v) is 22.7. The van der Waals surface area contributed by atoms with Crippen LogP contribution in [0.15, 0.2) is 48.5 Å². The summed E-state index contributed by atoms with van der Waals surface area (Å²) < 4.78 is 25.9. The Morgan fingerprint density at radius 2 is 1.71 bits per heavy atom. The molecule has 0 aliphatic rings. The summed E-state index contributed by atoms with van der Waals surface area (Å²) in [5, 5.41) is 3.64. The lowest BCUT2D eigenvalue weighted by molar-refractivity contribution is -0.140. The van der Waals surface area contributed by atoms with Crippen molar-refractivity contribution in [3.05, 3.63) is 64.1 Å². The summed E-state index contributed by atoms with van der Waals surface area (Å²) in [7, 11) is -3.52. The van der Waals surface area contributed by atoms with Crippen molar-refractivity contribution < 1.29 is 18.0 Å². The van der Waals surface area contributed by atoms with Crippen LogP contribution in [0, 0.1) is 0 Å². The van der Waals surface area contributed by atoms with E-state index >= 15 is 0 Å². The predicted octanol–water partition coefficient (Wildman–Crippen LogP) is 4.87. The molecule has 7 nitrogen and oxygen atoms in total. The van der Waals surface area contributed by atoms with Gasteiger partial charge in [-0.15, -0.1) is 0 Å². The van der Waals surface area contributed by atoms with Crippen LogP contribution < -0.4 is 9.62 Å². The lowest BCUT2D eigenvalue weighted by atomic mass is 10.1. The maximum absolute atomic E-state index is 13.3. The molecule has 2 aromatic carbocycles. The van der Waals surface area contributed by atoms with Crippen LogP contribution in [0.25, 0.3) is 0 Å². The van der Waals surface area contributed by atoms with E-state index in [9.17, 15) is 18.0 Å². The third-order valence-corrected chi connectivity index (χ3v) is 7.46. The largest absolute Gasteiger partial charge is 0.354 e. The zero-order chi connectivity index (χ0) is 26.0. The van der Waals surface area contributed by atoms with E-state index in [-0.39, 0.29) is 31.3 Å². The molecule has 0 radical (unpaired) electrons. The molecule has 0 heterocycles. The van der Waals surface area contributed by atoms with E-state index in [1.54, 1.807) is 55.5 Å². The van der Waals surface area contributed by atoms with Crippen molar-refractivity contribution in [3.63, 3.8) is 0 Å². The molecule has 35 heavy (non-hydrogen) atoms. The normalized spacial score (nSPS) is 12.1. The summed E-state index contributed by atoms with van der Waals surface area (Å²) in [5.41, 5.74) is 1.28. The third kappa shape index (κ3) is 9.02.